The lowest BCUT2D eigenvalue weighted by atomic mass is 10.1. The first-order valence-corrected chi connectivity index (χ1v) is 10.2. The van der Waals surface area contributed by atoms with Crippen LogP contribution in [0.25, 0.3) is 5.69 Å². The van der Waals surface area contributed by atoms with E-state index >= 15 is 0 Å². The highest BCUT2D eigenvalue weighted by Crippen LogP contribution is 2.11. The van der Waals surface area contributed by atoms with Gasteiger partial charge < -0.3 is 15.2 Å². The number of aromatic nitrogens is 4. The van der Waals surface area contributed by atoms with Crippen LogP contribution in [0.4, 0.5) is 0 Å². The van der Waals surface area contributed by atoms with Crippen LogP contribution in [0.15, 0.2) is 85.6 Å². The number of rotatable bonds is 8. The van der Waals surface area contributed by atoms with Crippen molar-refractivity contribution in [3.63, 3.8) is 0 Å². The van der Waals surface area contributed by atoms with Crippen LogP contribution in [0.2, 0.25) is 0 Å². The molecule has 0 radical (unpaired) electrons. The van der Waals surface area contributed by atoms with Crippen molar-refractivity contribution in [2.45, 2.75) is 25.6 Å². The molecule has 2 aromatic carbocycles. The molecule has 1 atom stereocenters. The molecule has 1 amide bonds. The summed E-state index contributed by atoms with van der Waals surface area (Å²) in [6.45, 7) is 1.18. The number of imidazole rings is 1. The lowest BCUT2D eigenvalue weighted by Crippen LogP contribution is -2.42. The number of para-hydroxylation sites is 1. The van der Waals surface area contributed by atoms with Crippen LogP contribution in [-0.2, 0) is 24.3 Å². The Hall–Kier alpha value is -3.71. The highest BCUT2D eigenvalue weighted by atomic mass is 16.2. The fourth-order valence-corrected chi connectivity index (χ4v) is 3.50. The van der Waals surface area contributed by atoms with Crippen molar-refractivity contribution in [1.82, 2.24) is 24.2 Å². The van der Waals surface area contributed by atoms with Crippen LogP contribution in [0.3, 0.4) is 0 Å². The smallest absolute Gasteiger partial charge is 0.239 e. The predicted octanol–water partition coefficient (Wildman–Crippen LogP) is 2.65. The molecule has 158 valence electrons. The van der Waals surface area contributed by atoms with Gasteiger partial charge in [-0.05, 0) is 17.7 Å². The molecule has 0 aliphatic heterocycles. The van der Waals surface area contributed by atoms with Gasteiger partial charge in [0.05, 0.1) is 29.9 Å². The van der Waals surface area contributed by atoms with Gasteiger partial charge in [0.15, 0.2) is 0 Å². The molecular weight excluding hydrogens is 388 g/mol. The van der Waals surface area contributed by atoms with E-state index < -0.39 is 6.04 Å². The number of hydrogen-bond acceptors (Lipinski definition) is 4. The molecule has 4 aromatic rings. The number of hydrogen-bond donors (Lipinski definition) is 1. The summed E-state index contributed by atoms with van der Waals surface area (Å²) in [5, 5.41) is 4.38. The average Bonchev–Trinajstić information content (AvgIpc) is 3.44. The molecule has 7 heteroatoms. The van der Waals surface area contributed by atoms with Gasteiger partial charge in [-0.3, -0.25) is 4.79 Å². The monoisotopic (exact) mass is 414 g/mol. The van der Waals surface area contributed by atoms with Crippen LogP contribution < -0.4 is 5.73 Å². The summed E-state index contributed by atoms with van der Waals surface area (Å²) >= 11 is 0. The minimum absolute atomic E-state index is 0.120. The Bertz CT molecular complexity index is 1120. The van der Waals surface area contributed by atoms with Gasteiger partial charge in [0.1, 0.15) is 0 Å². The number of nitrogens with two attached hydrogens (primary N) is 1. The summed E-state index contributed by atoms with van der Waals surface area (Å²) < 4.78 is 3.80. The van der Waals surface area contributed by atoms with Gasteiger partial charge in [-0.15, -0.1) is 0 Å². The number of nitrogens with zero attached hydrogens (tertiary/aromatic N) is 5. The normalized spacial score (nSPS) is 11.9. The van der Waals surface area contributed by atoms with Gasteiger partial charge in [-0.1, -0.05) is 48.5 Å². The van der Waals surface area contributed by atoms with Gasteiger partial charge in [-0.25, -0.2) is 9.67 Å². The first-order chi connectivity index (χ1) is 15.1. The highest BCUT2D eigenvalue weighted by Gasteiger charge is 2.20. The SMILES string of the molecule is CN(Cc1cnn(-c2ccccc2)c1)C(=O)[C@@H](N)Cc1cn(Cc2ccccc2)cn1. The topological polar surface area (TPSA) is 82.0 Å². The fraction of sp³-hybridized carbons (Fsp3) is 0.208. The Labute approximate surface area is 181 Å². The number of carbonyl (C=O) groups is 1. The van der Waals surface area contributed by atoms with Crippen LogP contribution in [0, 0.1) is 0 Å². The number of benzene rings is 2. The van der Waals surface area contributed by atoms with E-state index in [1.807, 2.05) is 65.5 Å². The second-order valence-corrected chi connectivity index (χ2v) is 7.66. The molecule has 7 nitrogen and oxygen atoms in total. The number of likely N-dealkylation sites (N-methyl/N-ethyl adjacent to an activating group) is 1. The van der Waals surface area contributed by atoms with Crippen molar-refractivity contribution < 1.29 is 4.79 Å². The van der Waals surface area contributed by atoms with Crippen LogP contribution in [0.1, 0.15) is 16.8 Å². The zero-order chi connectivity index (χ0) is 21.6. The molecule has 4 rings (SSSR count). The Morgan fingerprint density at radius 1 is 1.03 bits per heavy atom. The molecule has 0 fully saturated rings. The second-order valence-electron chi connectivity index (χ2n) is 7.66. The summed E-state index contributed by atoms with van der Waals surface area (Å²) in [5.41, 5.74) is 10.1. The maximum absolute atomic E-state index is 12.8. The zero-order valence-electron chi connectivity index (χ0n) is 17.5. The van der Waals surface area contributed by atoms with Crippen LogP contribution >= 0.6 is 0 Å². The third kappa shape index (κ3) is 5.26. The van der Waals surface area contributed by atoms with Gasteiger partial charge in [0.2, 0.25) is 5.91 Å². The molecule has 0 saturated carbocycles. The minimum atomic E-state index is -0.644. The van der Waals surface area contributed by atoms with Crippen molar-refractivity contribution in [2.24, 2.45) is 5.73 Å². The number of carbonyl (C=O) groups excluding carboxylic acids is 1. The zero-order valence-corrected chi connectivity index (χ0v) is 17.5. The van der Waals surface area contributed by atoms with Crippen molar-refractivity contribution in [3.05, 3.63) is 102 Å². The summed E-state index contributed by atoms with van der Waals surface area (Å²) in [4.78, 5) is 18.8. The molecular formula is C24H26N6O. The molecule has 2 N–H and O–H groups in total. The maximum Gasteiger partial charge on any atom is 0.239 e. The standard InChI is InChI=1S/C24H26N6O/c1-28(14-20-13-27-30(16-20)22-10-6-3-7-11-22)24(31)23(25)12-21-17-29(18-26-21)15-19-8-4-2-5-9-19/h2-11,13,16-18,23H,12,14-15,25H2,1H3/t23-/m0/s1. The van der Waals surface area contributed by atoms with Crippen LogP contribution in [-0.4, -0.2) is 43.2 Å². The third-order valence-corrected chi connectivity index (χ3v) is 5.09. The van der Waals surface area contributed by atoms with E-state index in [9.17, 15) is 4.79 Å². The summed E-state index contributed by atoms with van der Waals surface area (Å²) in [6.07, 6.45) is 7.82. The quantitative estimate of drug-likeness (QED) is 0.481. The molecule has 2 aromatic heterocycles. The first-order valence-electron chi connectivity index (χ1n) is 10.2. The van der Waals surface area contributed by atoms with Crippen molar-refractivity contribution >= 4 is 5.91 Å². The average molecular weight is 415 g/mol. The molecule has 2 heterocycles. The molecule has 0 bridgehead atoms. The van der Waals surface area contributed by atoms with Gasteiger partial charge >= 0.3 is 0 Å². The van der Waals surface area contributed by atoms with Gasteiger partial charge in [-0.2, -0.15) is 5.10 Å². The van der Waals surface area contributed by atoms with E-state index in [2.05, 4.69) is 22.2 Å². The Morgan fingerprint density at radius 3 is 2.48 bits per heavy atom. The van der Waals surface area contributed by atoms with Crippen molar-refractivity contribution in [3.8, 4) is 5.69 Å². The predicted molar refractivity (Wildman–Crippen MR) is 119 cm³/mol. The second kappa shape index (κ2) is 9.40. The Kier molecular flexibility index (Phi) is 6.24. The molecule has 31 heavy (non-hydrogen) atoms. The largest absolute Gasteiger partial charge is 0.340 e. The Balaban J connectivity index is 1.32. The van der Waals surface area contributed by atoms with E-state index in [4.69, 9.17) is 5.73 Å². The van der Waals surface area contributed by atoms with Crippen molar-refractivity contribution in [1.29, 1.82) is 0 Å². The summed E-state index contributed by atoms with van der Waals surface area (Å²) in [5.74, 6) is -0.120. The van der Waals surface area contributed by atoms with E-state index in [-0.39, 0.29) is 5.91 Å². The summed E-state index contributed by atoms with van der Waals surface area (Å²) in [7, 11) is 1.76. The third-order valence-electron chi connectivity index (χ3n) is 5.09. The lowest BCUT2D eigenvalue weighted by molar-refractivity contribution is -0.131. The first kappa shape index (κ1) is 20.6. The minimum Gasteiger partial charge on any atom is -0.340 e. The fourth-order valence-electron chi connectivity index (χ4n) is 3.50. The van der Waals surface area contributed by atoms with Gasteiger partial charge in [0, 0.05) is 44.5 Å². The van der Waals surface area contributed by atoms with E-state index in [1.54, 1.807) is 29.2 Å². The summed E-state index contributed by atoms with van der Waals surface area (Å²) in [6, 6.07) is 19.4. The van der Waals surface area contributed by atoms with E-state index in [1.165, 1.54) is 5.56 Å². The molecule has 0 spiro atoms. The van der Waals surface area contributed by atoms with Crippen LogP contribution in [0.5, 0.6) is 0 Å². The van der Waals surface area contributed by atoms with Crippen molar-refractivity contribution in [2.75, 3.05) is 7.05 Å². The molecule has 0 aliphatic carbocycles. The maximum atomic E-state index is 12.8. The highest BCUT2D eigenvalue weighted by molar-refractivity contribution is 5.81. The van der Waals surface area contributed by atoms with Gasteiger partial charge in [0.25, 0.3) is 0 Å². The number of amides is 1. The molecule has 0 saturated heterocycles. The van der Waals surface area contributed by atoms with E-state index in [0.717, 1.165) is 23.5 Å². The Morgan fingerprint density at radius 2 is 1.74 bits per heavy atom. The van der Waals surface area contributed by atoms with E-state index in [0.29, 0.717) is 13.0 Å². The molecule has 0 aliphatic rings. The molecule has 0 unspecified atom stereocenters. The lowest BCUT2D eigenvalue weighted by Gasteiger charge is -2.20.